The second kappa shape index (κ2) is 6.98. The van der Waals surface area contributed by atoms with Crippen LogP contribution in [-0.2, 0) is 20.3 Å². The molecule has 0 aliphatic rings. The highest BCUT2D eigenvalue weighted by Gasteiger charge is 2.27. The van der Waals surface area contributed by atoms with Gasteiger partial charge in [0.1, 0.15) is 5.25 Å². The standard InChI is InChI=1S/C10H20O3S/c1-5-6-7-9(10(11)13-4)14(12)8(2)3/h8-9H,5-7H2,1-4H3. The van der Waals surface area contributed by atoms with E-state index in [0.29, 0.717) is 6.42 Å². The van der Waals surface area contributed by atoms with Gasteiger partial charge in [0, 0.05) is 16.0 Å². The second-order valence-corrected chi connectivity index (χ2v) is 5.70. The minimum absolute atomic E-state index is 0.0101. The summed E-state index contributed by atoms with van der Waals surface area (Å²) in [5.74, 6) is -0.342. The molecule has 0 amide bonds. The van der Waals surface area contributed by atoms with Crippen LogP contribution in [0.25, 0.3) is 0 Å². The molecule has 2 atom stereocenters. The third kappa shape index (κ3) is 4.22. The van der Waals surface area contributed by atoms with E-state index in [9.17, 15) is 9.00 Å². The Labute approximate surface area is 88.7 Å². The molecule has 0 bridgehead atoms. The molecule has 3 nitrogen and oxygen atoms in total. The number of rotatable bonds is 6. The minimum Gasteiger partial charge on any atom is -0.468 e. The van der Waals surface area contributed by atoms with Crippen molar-refractivity contribution in [1.29, 1.82) is 0 Å². The van der Waals surface area contributed by atoms with Gasteiger partial charge in [-0.1, -0.05) is 33.6 Å². The monoisotopic (exact) mass is 220 g/mol. The maximum Gasteiger partial charge on any atom is 0.321 e. The van der Waals surface area contributed by atoms with Crippen LogP contribution in [0.5, 0.6) is 0 Å². The molecule has 0 spiro atoms. The van der Waals surface area contributed by atoms with Gasteiger partial charge in [-0.25, -0.2) is 0 Å². The van der Waals surface area contributed by atoms with Crippen molar-refractivity contribution >= 4 is 16.8 Å². The van der Waals surface area contributed by atoms with Gasteiger partial charge in [0.05, 0.1) is 7.11 Å². The quantitative estimate of drug-likeness (QED) is 0.642. The van der Waals surface area contributed by atoms with Crippen LogP contribution in [0.15, 0.2) is 0 Å². The Bertz CT molecular complexity index is 202. The molecule has 84 valence electrons. The summed E-state index contributed by atoms with van der Waals surface area (Å²) in [6.07, 6.45) is 2.58. The molecule has 0 heterocycles. The van der Waals surface area contributed by atoms with E-state index in [2.05, 4.69) is 4.74 Å². The molecule has 0 N–H and O–H groups in total. The van der Waals surface area contributed by atoms with Gasteiger partial charge in [-0.15, -0.1) is 0 Å². The Morgan fingerprint density at radius 3 is 2.36 bits per heavy atom. The highest BCUT2D eigenvalue weighted by molar-refractivity contribution is 7.87. The van der Waals surface area contributed by atoms with E-state index in [1.54, 1.807) is 0 Å². The number of unbranched alkanes of at least 4 members (excludes halogenated alkanes) is 1. The van der Waals surface area contributed by atoms with E-state index in [1.165, 1.54) is 7.11 Å². The van der Waals surface area contributed by atoms with Crippen LogP contribution in [0.2, 0.25) is 0 Å². The van der Waals surface area contributed by atoms with Crippen molar-refractivity contribution < 1.29 is 13.7 Å². The van der Waals surface area contributed by atoms with E-state index in [-0.39, 0.29) is 11.2 Å². The van der Waals surface area contributed by atoms with Crippen molar-refractivity contribution in [2.45, 2.75) is 50.5 Å². The van der Waals surface area contributed by atoms with Gasteiger partial charge >= 0.3 is 5.97 Å². The Hall–Kier alpha value is -0.380. The second-order valence-electron chi connectivity index (χ2n) is 3.53. The molecule has 0 aliphatic heterocycles. The molecule has 0 rings (SSSR count). The highest BCUT2D eigenvalue weighted by atomic mass is 32.2. The van der Waals surface area contributed by atoms with E-state index in [1.807, 2.05) is 20.8 Å². The zero-order valence-corrected chi connectivity index (χ0v) is 10.2. The molecule has 0 aliphatic carbocycles. The summed E-state index contributed by atoms with van der Waals surface area (Å²) in [4.78, 5) is 11.3. The minimum atomic E-state index is -1.12. The molecule has 0 aromatic heterocycles. The molecule has 0 radical (unpaired) electrons. The van der Waals surface area contributed by atoms with E-state index >= 15 is 0 Å². The van der Waals surface area contributed by atoms with Gasteiger partial charge < -0.3 is 4.74 Å². The van der Waals surface area contributed by atoms with Crippen LogP contribution >= 0.6 is 0 Å². The van der Waals surface area contributed by atoms with Crippen LogP contribution < -0.4 is 0 Å². The third-order valence-electron chi connectivity index (χ3n) is 2.03. The van der Waals surface area contributed by atoms with Gasteiger partial charge in [-0.2, -0.15) is 0 Å². The maximum atomic E-state index is 11.8. The number of carbonyl (C=O) groups excluding carboxylic acids is 1. The van der Waals surface area contributed by atoms with Crippen molar-refractivity contribution in [2.24, 2.45) is 0 Å². The van der Waals surface area contributed by atoms with Crippen LogP contribution in [-0.4, -0.2) is 27.8 Å². The summed E-state index contributed by atoms with van der Waals surface area (Å²) in [6, 6.07) is 0. The molecule has 4 heteroatoms. The topological polar surface area (TPSA) is 43.4 Å². The molecule has 14 heavy (non-hydrogen) atoms. The first kappa shape index (κ1) is 13.6. The fourth-order valence-electron chi connectivity index (χ4n) is 1.18. The van der Waals surface area contributed by atoms with Gasteiger partial charge in [0.2, 0.25) is 0 Å². The Morgan fingerprint density at radius 1 is 1.43 bits per heavy atom. The summed E-state index contributed by atoms with van der Waals surface area (Å²) in [6.45, 7) is 5.77. The summed E-state index contributed by atoms with van der Waals surface area (Å²) in [7, 11) is 0.231. The third-order valence-corrected chi connectivity index (χ3v) is 3.95. The number of carbonyl (C=O) groups is 1. The lowest BCUT2D eigenvalue weighted by molar-refractivity contribution is -0.140. The van der Waals surface area contributed by atoms with E-state index in [0.717, 1.165) is 12.8 Å². The average Bonchev–Trinajstić information content (AvgIpc) is 2.17. The van der Waals surface area contributed by atoms with Gasteiger partial charge in [0.25, 0.3) is 0 Å². The first-order valence-electron chi connectivity index (χ1n) is 5.01. The molecule has 0 saturated heterocycles. The summed E-state index contributed by atoms with van der Waals surface area (Å²) in [5, 5.41) is -0.434. The lowest BCUT2D eigenvalue weighted by Gasteiger charge is -2.15. The molecule has 0 saturated carbocycles. The molecule has 0 fully saturated rings. The number of ether oxygens (including phenoxy) is 1. The smallest absolute Gasteiger partial charge is 0.321 e. The summed E-state index contributed by atoms with van der Waals surface area (Å²) in [5.41, 5.74) is 0. The van der Waals surface area contributed by atoms with Crippen molar-refractivity contribution in [3.05, 3.63) is 0 Å². The first-order chi connectivity index (χ1) is 6.54. The van der Waals surface area contributed by atoms with Crippen LogP contribution in [0.3, 0.4) is 0 Å². The lowest BCUT2D eigenvalue weighted by atomic mass is 10.2. The van der Waals surface area contributed by atoms with Crippen molar-refractivity contribution in [2.75, 3.05) is 7.11 Å². The number of methoxy groups -OCH3 is 1. The fraction of sp³-hybridized carbons (Fsp3) is 0.900. The number of esters is 1. The molecule has 0 aromatic rings. The molecular weight excluding hydrogens is 200 g/mol. The van der Waals surface area contributed by atoms with Crippen molar-refractivity contribution in [1.82, 2.24) is 0 Å². The normalized spacial score (nSPS) is 15.2. The van der Waals surface area contributed by atoms with Crippen LogP contribution in [0, 0.1) is 0 Å². The van der Waals surface area contributed by atoms with Gasteiger partial charge in [-0.3, -0.25) is 9.00 Å². The highest BCUT2D eigenvalue weighted by Crippen LogP contribution is 2.13. The van der Waals surface area contributed by atoms with E-state index < -0.39 is 16.0 Å². The lowest BCUT2D eigenvalue weighted by Crippen LogP contribution is -2.31. The Morgan fingerprint density at radius 2 is 2.00 bits per heavy atom. The zero-order valence-electron chi connectivity index (χ0n) is 9.41. The SMILES string of the molecule is CCCCC(C(=O)OC)S(=O)C(C)C. The molecule has 0 aromatic carbocycles. The number of hydrogen-bond donors (Lipinski definition) is 0. The molecule has 2 unspecified atom stereocenters. The predicted molar refractivity (Wildman–Crippen MR) is 58.6 cm³/mol. The fourth-order valence-corrected chi connectivity index (χ4v) is 2.52. The number of hydrogen-bond acceptors (Lipinski definition) is 3. The van der Waals surface area contributed by atoms with Gasteiger partial charge in [-0.05, 0) is 6.42 Å². The Balaban J connectivity index is 4.38. The van der Waals surface area contributed by atoms with Crippen molar-refractivity contribution in [3.63, 3.8) is 0 Å². The maximum absolute atomic E-state index is 11.8. The largest absolute Gasteiger partial charge is 0.468 e. The van der Waals surface area contributed by atoms with Crippen LogP contribution in [0.1, 0.15) is 40.0 Å². The van der Waals surface area contributed by atoms with Crippen molar-refractivity contribution in [3.8, 4) is 0 Å². The predicted octanol–water partition coefficient (Wildman–Crippen LogP) is 1.88. The molecular formula is C10H20O3S. The average molecular weight is 220 g/mol. The van der Waals surface area contributed by atoms with E-state index in [4.69, 9.17) is 0 Å². The first-order valence-corrected chi connectivity index (χ1v) is 6.29. The van der Waals surface area contributed by atoms with Gasteiger partial charge in [0.15, 0.2) is 0 Å². The summed E-state index contributed by atoms with van der Waals surface area (Å²) < 4.78 is 16.4. The summed E-state index contributed by atoms with van der Waals surface area (Å²) >= 11 is 0. The zero-order chi connectivity index (χ0) is 11.1. The van der Waals surface area contributed by atoms with Crippen LogP contribution in [0.4, 0.5) is 0 Å². The Kier molecular flexibility index (Phi) is 6.79.